The SMILES string of the molecule is CCCNC(CC)c1nnc(-c2ccc(Cl)cc2)o1. The summed E-state index contributed by atoms with van der Waals surface area (Å²) in [6, 6.07) is 7.49. The maximum Gasteiger partial charge on any atom is 0.247 e. The van der Waals surface area contributed by atoms with Crippen LogP contribution in [0.4, 0.5) is 0 Å². The van der Waals surface area contributed by atoms with Crippen LogP contribution in [0, 0.1) is 0 Å². The molecule has 102 valence electrons. The smallest absolute Gasteiger partial charge is 0.247 e. The third-order valence-electron chi connectivity index (χ3n) is 2.88. The summed E-state index contributed by atoms with van der Waals surface area (Å²) in [5.41, 5.74) is 0.883. The quantitative estimate of drug-likeness (QED) is 0.873. The third-order valence-corrected chi connectivity index (χ3v) is 3.13. The highest BCUT2D eigenvalue weighted by atomic mass is 35.5. The van der Waals surface area contributed by atoms with Crippen molar-refractivity contribution in [3.05, 3.63) is 35.2 Å². The lowest BCUT2D eigenvalue weighted by atomic mass is 10.2. The number of aromatic nitrogens is 2. The molecule has 0 fully saturated rings. The van der Waals surface area contributed by atoms with E-state index in [4.69, 9.17) is 16.0 Å². The molecule has 1 N–H and O–H groups in total. The van der Waals surface area contributed by atoms with Gasteiger partial charge >= 0.3 is 0 Å². The summed E-state index contributed by atoms with van der Waals surface area (Å²) in [6.45, 7) is 5.17. The van der Waals surface area contributed by atoms with Gasteiger partial charge in [-0.3, -0.25) is 0 Å². The normalized spacial score (nSPS) is 12.6. The number of hydrogen-bond acceptors (Lipinski definition) is 4. The maximum atomic E-state index is 5.86. The van der Waals surface area contributed by atoms with Gasteiger partial charge in [-0.15, -0.1) is 10.2 Å². The van der Waals surface area contributed by atoms with Crippen LogP contribution < -0.4 is 5.32 Å². The summed E-state index contributed by atoms with van der Waals surface area (Å²) in [4.78, 5) is 0. The van der Waals surface area contributed by atoms with Crippen LogP contribution in [0.1, 0.15) is 38.6 Å². The van der Waals surface area contributed by atoms with Crippen molar-refractivity contribution in [3.63, 3.8) is 0 Å². The average Bonchev–Trinajstić information content (AvgIpc) is 2.90. The molecule has 1 heterocycles. The Morgan fingerprint density at radius 1 is 1.21 bits per heavy atom. The van der Waals surface area contributed by atoms with Crippen LogP contribution >= 0.6 is 11.6 Å². The fraction of sp³-hybridized carbons (Fsp3) is 0.429. The van der Waals surface area contributed by atoms with E-state index in [9.17, 15) is 0 Å². The molecule has 4 nitrogen and oxygen atoms in total. The molecule has 19 heavy (non-hydrogen) atoms. The minimum Gasteiger partial charge on any atom is -0.419 e. The van der Waals surface area contributed by atoms with Gasteiger partial charge in [0.05, 0.1) is 6.04 Å². The molecule has 1 atom stereocenters. The van der Waals surface area contributed by atoms with Gasteiger partial charge in [-0.25, -0.2) is 0 Å². The Morgan fingerprint density at radius 3 is 2.58 bits per heavy atom. The van der Waals surface area contributed by atoms with E-state index in [0.717, 1.165) is 24.9 Å². The van der Waals surface area contributed by atoms with E-state index in [1.807, 2.05) is 24.3 Å². The Bertz CT molecular complexity index is 510. The molecule has 0 spiro atoms. The van der Waals surface area contributed by atoms with Gasteiger partial charge in [0, 0.05) is 10.6 Å². The van der Waals surface area contributed by atoms with Gasteiger partial charge in [-0.05, 0) is 43.7 Å². The molecule has 0 saturated heterocycles. The van der Waals surface area contributed by atoms with Crippen LogP contribution in [0.25, 0.3) is 11.5 Å². The van der Waals surface area contributed by atoms with Gasteiger partial charge in [-0.1, -0.05) is 25.4 Å². The number of hydrogen-bond donors (Lipinski definition) is 1. The zero-order valence-corrected chi connectivity index (χ0v) is 11.9. The van der Waals surface area contributed by atoms with Gasteiger partial charge in [0.25, 0.3) is 0 Å². The minimum atomic E-state index is 0.119. The zero-order valence-electron chi connectivity index (χ0n) is 11.2. The first-order chi connectivity index (χ1) is 9.24. The molecule has 0 amide bonds. The predicted octanol–water partition coefficient (Wildman–Crippen LogP) is 3.84. The van der Waals surface area contributed by atoms with Crippen molar-refractivity contribution in [3.8, 4) is 11.5 Å². The van der Waals surface area contributed by atoms with Crippen molar-refractivity contribution < 1.29 is 4.42 Å². The van der Waals surface area contributed by atoms with Crippen LogP contribution in [0.5, 0.6) is 0 Å². The maximum absolute atomic E-state index is 5.86. The number of nitrogens with zero attached hydrogens (tertiary/aromatic N) is 2. The number of halogens is 1. The van der Waals surface area contributed by atoms with Crippen molar-refractivity contribution in [1.29, 1.82) is 0 Å². The van der Waals surface area contributed by atoms with E-state index < -0.39 is 0 Å². The largest absolute Gasteiger partial charge is 0.419 e. The summed E-state index contributed by atoms with van der Waals surface area (Å²) in [5, 5.41) is 12.3. The second-order valence-corrected chi connectivity index (χ2v) is 4.80. The van der Waals surface area contributed by atoms with Crippen LogP contribution in [0.3, 0.4) is 0 Å². The third kappa shape index (κ3) is 3.55. The Balaban J connectivity index is 2.15. The molecular weight excluding hydrogens is 262 g/mol. The molecule has 0 radical (unpaired) electrons. The Labute approximate surface area is 118 Å². The van der Waals surface area contributed by atoms with Crippen molar-refractivity contribution in [1.82, 2.24) is 15.5 Å². The van der Waals surface area contributed by atoms with E-state index >= 15 is 0 Å². The monoisotopic (exact) mass is 279 g/mol. The molecule has 0 bridgehead atoms. The first-order valence-corrected chi connectivity index (χ1v) is 6.95. The van der Waals surface area contributed by atoms with Crippen LogP contribution in [0.2, 0.25) is 5.02 Å². The molecule has 0 aliphatic heterocycles. The molecule has 1 aromatic heterocycles. The zero-order chi connectivity index (χ0) is 13.7. The van der Waals surface area contributed by atoms with Gasteiger partial charge < -0.3 is 9.73 Å². The molecular formula is C14H18ClN3O. The average molecular weight is 280 g/mol. The highest BCUT2D eigenvalue weighted by Crippen LogP contribution is 2.23. The molecule has 0 aliphatic carbocycles. The highest BCUT2D eigenvalue weighted by molar-refractivity contribution is 6.30. The lowest BCUT2D eigenvalue weighted by Gasteiger charge is -2.11. The minimum absolute atomic E-state index is 0.119. The summed E-state index contributed by atoms with van der Waals surface area (Å²) in [6.07, 6.45) is 2.00. The van der Waals surface area contributed by atoms with Crippen molar-refractivity contribution >= 4 is 11.6 Å². The van der Waals surface area contributed by atoms with Crippen LogP contribution in [-0.2, 0) is 0 Å². The summed E-state index contributed by atoms with van der Waals surface area (Å²) >= 11 is 5.86. The fourth-order valence-corrected chi connectivity index (χ4v) is 1.94. The molecule has 2 aromatic rings. The second-order valence-electron chi connectivity index (χ2n) is 4.37. The van der Waals surface area contributed by atoms with Gasteiger partial charge in [-0.2, -0.15) is 0 Å². The van der Waals surface area contributed by atoms with Crippen molar-refractivity contribution in [2.75, 3.05) is 6.54 Å². The van der Waals surface area contributed by atoms with Gasteiger partial charge in [0.15, 0.2) is 0 Å². The Hall–Kier alpha value is -1.39. The van der Waals surface area contributed by atoms with Crippen molar-refractivity contribution in [2.45, 2.75) is 32.7 Å². The molecule has 1 aromatic carbocycles. The lowest BCUT2D eigenvalue weighted by molar-refractivity contribution is 0.396. The molecule has 1 unspecified atom stereocenters. The lowest BCUT2D eigenvalue weighted by Crippen LogP contribution is -2.21. The predicted molar refractivity (Wildman–Crippen MR) is 76.1 cm³/mol. The number of nitrogens with one attached hydrogen (secondary N) is 1. The summed E-state index contributed by atoms with van der Waals surface area (Å²) in [5.74, 6) is 1.17. The first kappa shape index (κ1) is 14.0. The molecule has 0 saturated carbocycles. The summed E-state index contributed by atoms with van der Waals surface area (Å²) in [7, 11) is 0. The van der Waals surface area contributed by atoms with E-state index in [1.165, 1.54) is 0 Å². The van der Waals surface area contributed by atoms with E-state index in [2.05, 4.69) is 29.4 Å². The number of benzene rings is 1. The molecule has 2 rings (SSSR count). The van der Waals surface area contributed by atoms with Gasteiger partial charge in [0.1, 0.15) is 0 Å². The Morgan fingerprint density at radius 2 is 1.95 bits per heavy atom. The van der Waals surface area contributed by atoms with E-state index in [1.54, 1.807) is 0 Å². The number of rotatable bonds is 6. The van der Waals surface area contributed by atoms with E-state index in [-0.39, 0.29) is 6.04 Å². The standard InChI is InChI=1S/C14H18ClN3O/c1-3-9-16-12(4-2)14-18-17-13(19-14)10-5-7-11(15)8-6-10/h5-8,12,16H,3-4,9H2,1-2H3. The van der Waals surface area contributed by atoms with Crippen LogP contribution in [-0.4, -0.2) is 16.7 Å². The molecule has 0 aliphatic rings. The van der Waals surface area contributed by atoms with E-state index in [0.29, 0.717) is 16.8 Å². The second kappa shape index (κ2) is 6.68. The topological polar surface area (TPSA) is 51.0 Å². The summed E-state index contributed by atoms with van der Waals surface area (Å²) < 4.78 is 5.73. The highest BCUT2D eigenvalue weighted by Gasteiger charge is 2.16. The first-order valence-electron chi connectivity index (χ1n) is 6.57. The Kier molecular flexibility index (Phi) is 4.93. The molecule has 5 heteroatoms. The fourth-order valence-electron chi connectivity index (χ4n) is 1.81. The van der Waals surface area contributed by atoms with Crippen LogP contribution in [0.15, 0.2) is 28.7 Å². The van der Waals surface area contributed by atoms with Crippen molar-refractivity contribution in [2.24, 2.45) is 0 Å². The van der Waals surface area contributed by atoms with Gasteiger partial charge in [0.2, 0.25) is 11.8 Å².